The van der Waals surface area contributed by atoms with Gasteiger partial charge >= 0.3 is 0 Å². The predicted molar refractivity (Wildman–Crippen MR) is 81.5 cm³/mol. The highest BCUT2D eigenvalue weighted by Crippen LogP contribution is 2.32. The van der Waals surface area contributed by atoms with Gasteiger partial charge in [0, 0.05) is 36.4 Å². The molecule has 2 aromatic rings. The fourth-order valence-corrected chi connectivity index (χ4v) is 4.00. The molecule has 0 aliphatic carbocycles. The molecule has 0 amide bonds. The SMILES string of the molecule is CCN(c1cc(C)nc2ncnn12)C1CC2CCC(C1)N2. The van der Waals surface area contributed by atoms with Crippen LogP contribution in [0, 0.1) is 6.92 Å². The van der Waals surface area contributed by atoms with Crippen molar-refractivity contribution in [3.8, 4) is 0 Å². The fourth-order valence-electron chi connectivity index (χ4n) is 4.00. The Labute approximate surface area is 124 Å². The number of hydrogen-bond acceptors (Lipinski definition) is 5. The van der Waals surface area contributed by atoms with Crippen molar-refractivity contribution in [2.75, 3.05) is 11.4 Å². The van der Waals surface area contributed by atoms with E-state index in [-0.39, 0.29) is 0 Å². The predicted octanol–water partition coefficient (Wildman–Crippen LogP) is 1.54. The van der Waals surface area contributed by atoms with Gasteiger partial charge in [-0.1, -0.05) is 0 Å². The van der Waals surface area contributed by atoms with Crippen molar-refractivity contribution in [2.45, 2.75) is 57.7 Å². The van der Waals surface area contributed by atoms with Gasteiger partial charge in [0.2, 0.25) is 0 Å². The number of hydrogen-bond donors (Lipinski definition) is 1. The molecule has 2 fully saturated rings. The third-order valence-corrected chi connectivity index (χ3v) is 4.89. The van der Waals surface area contributed by atoms with Gasteiger partial charge in [-0.05, 0) is 39.5 Å². The average Bonchev–Trinajstić information content (AvgIpc) is 3.06. The maximum atomic E-state index is 4.45. The minimum absolute atomic E-state index is 0.586. The molecule has 2 unspecified atom stereocenters. The van der Waals surface area contributed by atoms with E-state index in [1.54, 1.807) is 6.33 Å². The molecule has 2 aliphatic rings. The van der Waals surface area contributed by atoms with Gasteiger partial charge in [0.25, 0.3) is 5.78 Å². The lowest BCUT2D eigenvalue weighted by Gasteiger charge is -2.38. The molecule has 2 bridgehead atoms. The lowest BCUT2D eigenvalue weighted by atomic mass is 9.98. The zero-order valence-corrected chi connectivity index (χ0v) is 12.7. The first-order valence-electron chi connectivity index (χ1n) is 7.94. The lowest BCUT2D eigenvalue weighted by Crippen LogP contribution is -2.49. The summed E-state index contributed by atoms with van der Waals surface area (Å²) in [5.41, 5.74) is 1.00. The van der Waals surface area contributed by atoms with E-state index in [9.17, 15) is 0 Å². The summed E-state index contributed by atoms with van der Waals surface area (Å²) in [6, 6.07) is 4.10. The highest BCUT2D eigenvalue weighted by Gasteiger charge is 2.36. The second-order valence-corrected chi connectivity index (χ2v) is 6.28. The van der Waals surface area contributed by atoms with E-state index < -0.39 is 0 Å². The van der Waals surface area contributed by atoms with E-state index in [2.05, 4.69) is 38.3 Å². The molecule has 0 spiro atoms. The Balaban J connectivity index is 1.72. The first-order valence-corrected chi connectivity index (χ1v) is 7.94. The molecule has 2 aliphatic heterocycles. The molecular weight excluding hydrogens is 264 g/mol. The highest BCUT2D eigenvalue weighted by atomic mass is 15.4. The molecule has 6 nitrogen and oxygen atoms in total. The van der Waals surface area contributed by atoms with Crippen LogP contribution in [-0.4, -0.2) is 44.3 Å². The Morgan fingerprint density at radius 3 is 2.81 bits per heavy atom. The maximum Gasteiger partial charge on any atom is 0.254 e. The molecule has 6 heteroatoms. The van der Waals surface area contributed by atoms with E-state index in [1.165, 1.54) is 25.7 Å². The van der Waals surface area contributed by atoms with Gasteiger partial charge in [0.15, 0.2) is 0 Å². The molecule has 2 atom stereocenters. The molecule has 1 N–H and O–H groups in total. The Hall–Kier alpha value is -1.69. The van der Waals surface area contributed by atoms with Crippen molar-refractivity contribution >= 4 is 11.6 Å². The number of fused-ring (bicyclic) bond motifs is 3. The van der Waals surface area contributed by atoms with Crippen LogP contribution in [0.25, 0.3) is 5.78 Å². The van der Waals surface area contributed by atoms with Crippen LogP contribution in [0.4, 0.5) is 5.82 Å². The number of nitrogens with one attached hydrogen (secondary N) is 1. The number of anilines is 1. The first kappa shape index (κ1) is 13.0. The van der Waals surface area contributed by atoms with Crippen molar-refractivity contribution in [3.05, 3.63) is 18.1 Å². The zero-order valence-electron chi connectivity index (χ0n) is 12.7. The molecule has 2 saturated heterocycles. The van der Waals surface area contributed by atoms with Gasteiger partial charge in [-0.25, -0.2) is 4.98 Å². The van der Waals surface area contributed by atoms with Crippen LogP contribution in [0.3, 0.4) is 0 Å². The molecule has 4 rings (SSSR count). The summed E-state index contributed by atoms with van der Waals surface area (Å²) in [4.78, 5) is 11.2. The minimum atomic E-state index is 0.586. The molecule has 0 radical (unpaired) electrons. The van der Waals surface area contributed by atoms with Crippen molar-refractivity contribution in [1.29, 1.82) is 0 Å². The molecule has 4 heterocycles. The number of rotatable bonds is 3. The van der Waals surface area contributed by atoms with Crippen LogP contribution < -0.4 is 10.2 Å². The van der Waals surface area contributed by atoms with E-state index >= 15 is 0 Å². The lowest BCUT2D eigenvalue weighted by molar-refractivity contribution is 0.347. The monoisotopic (exact) mass is 286 g/mol. The first-order chi connectivity index (χ1) is 10.2. The number of aromatic nitrogens is 4. The molecule has 0 aromatic carbocycles. The van der Waals surface area contributed by atoms with Gasteiger partial charge in [-0.3, -0.25) is 0 Å². The summed E-state index contributed by atoms with van der Waals surface area (Å²) in [6.45, 7) is 5.24. The third kappa shape index (κ3) is 2.18. The van der Waals surface area contributed by atoms with Gasteiger partial charge < -0.3 is 10.2 Å². The summed E-state index contributed by atoms with van der Waals surface area (Å²) in [6.07, 6.45) is 6.69. The Morgan fingerprint density at radius 1 is 1.33 bits per heavy atom. The van der Waals surface area contributed by atoms with Crippen LogP contribution in [0.2, 0.25) is 0 Å². The van der Waals surface area contributed by atoms with Crippen molar-refractivity contribution in [2.24, 2.45) is 0 Å². The topological polar surface area (TPSA) is 58.4 Å². The smallest absolute Gasteiger partial charge is 0.254 e. The van der Waals surface area contributed by atoms with Crippen LogP contribution >= 0.6 is 0 Å². The van der Waals surface area contributed by atoms with E-state index in [0.717, 1.165) is 18.1 Å². The molecule has 21 heavy (non-hydrogen) atoms. The second-order valence-electron chi connectivity index (χ2n) is 6.28. The summed E-state index contributed by atoms with van der Waals surface area (Å²) in [7, 11) is 0. The van der Waals surface area contributed by atoms with Gasteiger partial charge in [0.05, 0.1) is 0 Å². The summed E-state index contributed by atoms with van der Waals surface area (Å²) in [5, 5.41) is 8.08. The standard InChI is InChI=1S/C15H22N6/c1-3-20(13-7-11-4-5-12(8-13)19-11)14-6-10(2)18-15-16-9-17-21(14)15/h6,9,11-13,19H,3-5,7-8H2,1-2H3. The number of nitrogens with zero attached hydrogens (tertiary/aromatic N) is 5. The second kappa shape index (κ2) is 4.94. The van der Waals surface area contributed by atoms with E-state index in [1.807, 2.05) is 11.4 Å². The molecule has 112 valence electrons. The number of aryl methyl sites for hydroxylation is 1. The van der Waals surface area contributed by atoms with Crippen LogP contribution in [0.15, 0.2) is 12.4 Å². The normalized spacial score (nSPS) is 28.2. The van der Waals surface area contributed by atoms with Gasteiger partial charge in [0.1, 0.15) is 12.1 Å². The molecular formula is C15H22N6. The quantitative estimate of drug-likeness (QED) is 0.927. The Kier molecular flexibility index (Phi) is 3.06. The summed E-state index contributed by atoms with van der Waals surface area (Å²) >= 11 is 0. The third-order valence-electron chi connectivity index (χ3n) is 4.89. The Morgan fingerprint density at radius 2 is 2.10 bits per heavy atom. The van der Waals surface area contributed by atoms with Crippen molar-refractivity contribution in [1.82, 2.24) is 24.9 Å². The van der Waals surface area contributed by atoms with E-state index in [0.29, 0.717) is 23.9 Å². The molecule has 2 aromatic heterocycles. The average molecular weight is 286 g/mol. The fraction of sp³-hybridized carbons (Fsp3) is 0.667. The minimum Gasteiger partial charge on any atom is -0.354 e. The van der Waals surface area contributed by atoms with Crippen LogP contribution in [0.1, 0.15) is 38.3 Å². The number of piperidine rings is 1. The van der Waals surface area contributed by atoms with Crippen LogP contribution in [-0.2, 0) is 0 Å². The maximum absolute atomic E-state index is 4.45. The van der Waals surface area contributed by atoms with Gasteiger partial charge in [-0.2, -0.15) is 14.6 Å². The molecule has 0 saturated carbocycles. The highest BCUT2D eigenvalue weighted by molar-refractivity contribution is 5.48. The van der Waals surface area contributed by atoms with E-state index in [4.69, 9.17) is 0 Å². The van der Waals surface area contributed by atoms with Crippen molar-refractivity contribution in [3.63, 3.8) is 0 Å². The van der Waals surface area contributed by atoms with Crippen LogP contribution in [0.5, 0.6) is 0 Å². The van der Waals surface area contributed by atoms with Crippen molar-refractivity contribution < 1.29 is 0 Å². The largest absolute Gasteiger partial charge is 0.354 e. The summed E-state index contributed by atoms with van der Waals surface area (Å²) < 4.78 is 1.88. The Bertz CT molecular complexity index is 639. The summed E-state index contributed by atoms with van der Waals surface area (Å²) in [5.74, 6) is 1.82. The zero-order chi connectivity index (χ0) is 14.4. The van der Waals surface area contributed by atoms with Gasteiger partial charge in [-0.15, -0.1) is 0 Å².